The number of thiazole rings is 1. The number of carbonyl (C=O) groups is 2. The molecule has 0 radical (unpaired) electrons. The van der Waals surface area contributed by atoms with Crippen molar-refractivity contribution >= 4 is 28.8 Å². The molecule has 2 amide bonds. The van der Waals surface area contributed by atoms with E-state index in [1.165, 1.54) is 11.3 Å². The Morgan fingerprint density at radius 3 is 2.59 bits per heavy atom. The molecule has 6 nitrogen and oxygen atoms in total. The van der Waals surface area contributed by atoms with Gasteiger partial charge in [-0.05, 0) is 24.6 Å². The van der Waals surface area contributed by atoms with Gasteiger partial charge in [0.25, 0.3) is 11.8 Å². The summed E-state index contributed by atoms with van der Waals surface area (Å²) < 4.78 is 5.32. The topological polar surface area (TPSA) is 71.5 Å². The van der Waals surface area contributed by atoms with Gasteiger partial charge < -0.3 is 15.0 Å². The van der Waals surface area contributed by atoms with Crippen LogP contribution in [0.5, 0.6) is 0 Å². The molecule has 1 N–H and O–H groups in total. The summed E-state index contributed by atoms with van der Waals surface area (Å²) in [5, 5.41) is 5.44. The summed E-state index contributed by atoms with van der Waals surface area (Å²) in [7, 11) is 0. The summed E-state index contributed by atoms with van der Waals surface area (Å²) >= 11 is 1.43. The van der Waals surface area contributed by atoms with Crippen molar-refractivity contribution in [2.75, 3.05) is 31.6 Å². The van der Waals surface area contributed by atoms with E-state index >= 15 is 0 Å². The van der Waals surface area contributed by atoms with Gasteiger partial charge in [0, 0.05) is 35.3 Å². The lowest BCUT2D eigenvalue weighted by atomic mass is 10.0. The molecule has 3 aromatic rings. The van der Waals surface area contributed by atoms with Gasteiger partial charge in [0.15, 0.2) is 0 Å². The van der Waals surface area contributed by atoms with E-state index in [0.717, 1.165) is 16.1 Å². The first-order chi connectivity index (χ1) is 14.1. The molecule has 0 unspecified atom stereocenters. The smallest absolute Gasteiger partial charge is 0.275 e. The van der Waals surface area contributed by atoms with E-state index in [-0.39, 0.29) is 11.8 Å². The molecule has 148 valence electrons. The second-order valence-electron chi connectivity index (χ2n) is 6.74. The van der Waals surface area contributed by atoms with E-state index in [9.17, 15) is 9.59 Å². The van der Waals surface area contributed by atoms with E-state index in [2.05, 4.69) is 10.3 Å². The molecule has 1 fully saturated rings. The van der Waals surface area contributed by atoms with E-state index in [0.29, 0.717) is 43.2 Å². The van der Waals surface area contributed by atoms with Crippen LogP contribution >= 0.6 is 11.3 Å². The molecule has 0 spiro atoms. The van der Waals surface area contributed by atoms with Crippen molar-refractivity contribution in [3.8, 4) is 10.6 Å². The number of benzene rings is 2. The highest BCUT2D eigenvalue weighted by Gasteiger charge is 2.21. The summed E-state index contributed by atoms with van der Waals surface area (Å²) in [5.74, 6) is -0.329. The fourth-order valence-electron chi connectivity index (χ4n) is 3.22. The monoisotopic (exact) mass is 407 g/mol. The zero-order chi connectivity index (χ0) is 20.2. The standard InChI is InChI=1S/C22H21N3O3S/c1-15-17(22(27)25-10-12-28-13-11-25)8-5-9-18(15)23-20(26)19-14-29-21(24-19)16-6-3-2-4-7-16/h2-9,14H,10-13H2,1H3,(H,23,26). The average molecular weight is 407 g/mol. The number of hydrogen-bond donors (Lipinski definition) is 1. The van der Waals surface area contributed by atoms with Crippen molar-refractivity contribution in [3.63, 3.8) is 0 Å². The fourth-order valence-corrected chi connectivity index (χ4v) is 4.02. The molecular formula is C22H21N3O3S. The number of amides is 2. The summed E-state index contributed by atoms with van der Waals surface area (Å²) in [6.45, 7) is 4.11. The molecule has 0 bridgehead atoms. The first kappa shape index (κ1) is 19.3. The van der Waals surface area contributed by atoms with Crippen LogP contribution in [0.3, 0.4) is 0 Å². The lowest BCUT2D eigenvalue weighted by Crippen LogP contribution is -2.41. The molecule has 1 aromatic heterocycles. The molecule has 29 heavy (non-hydrogen) atoms. The summed E-state index contributed by atoms with van der Waals surface area (Å²) in [6, 6.07) is 15.1. The second kappa shape index (κ2) is 8.55. The van der Waals surface area contributed by atoms with Crippen molar-refractivity contribution in [2.45, 2.75) is 6.92 Å². The maximum absolute atomic E-state index is 12.8. The number of morpholine rings is 1. The number of ether oxygens (including phenoxy) is 1. The van der Waals surface area contributed by atoms with Gasteiger partial charge in [0.1, 0.15) is 10.7 Å². The van der Waals surface area contributed by atoms with Crippen LogP contribution in [-0.4, -0.2) is 48.0 Å². The quantitative estimate of drug-likeness (QED) is 0.713. The Kier molecular flexibility index (Phi) is 5.69. The van der Waals surface area contributed by atoms with Gasteiger partial charge in [-0.1, -0.05) is 36.4 Å². The zero-order valence-electron chi connectivity index (χ0n) is 16.1. The third-order valence-corrected chi connectivity index (χ3v) is 5.76. The molecular weight excluding hydrogens is 386 g/mol. The van der Waals surface area contributed by atoms with Gasteiger partial charge in [-0.15, -0.1) is 11.3 Å². The number of aromatic nitrogens is 1. The van der Waals surface area contributed by atoms with Crippen molar-refractivity contribution in [1.29, 1.82) is 0 Å². The Morgan fingerprint density at radius 1 is 1.07 bits per heavy atom. The highest BCUT2D eigenvalue weighted by molar-refractivity contribution is 7.13. The van der Waals surface area contributed by atoms with Crippen LogP contribution in [0.2, 0.25) is 0 Å². The van der Waals surface area contributed by atoms with Crippen LogP contribution in [-0.2, 0) is 4.74 Å². The first-order valence-electron chi connectivity index (χ1n) is 9.42. The third kappa shape index (κ3) is 4.21. The number of nitrogens with one attached hydrogen (secondary N) is 1. The highest BCUT2D eigenvalue weighted by Crippen LogP contribution is 2.25. The summed E-state index contributed by atoms with van der Waals surface area (Å²) in [5.41, 5.74) is 3.29. The molecule has 2 aromatic carbocycles. The number of anilines is 1. The van der Waals surface area contributed by atoms with Gasteiger partial charge in [-0.2, -0.15) is 0 Å². The summed E-state index contributed by atoms with van der Waals surface area (Å²) in [6.07, 6.45) is 0. The summed E-state index contributed by atoms with van der Waals surface area (Å²) in [4.78, 5) is 31.8. The van der Waals surface area contributed by atoms with Crippen molar-refractivity contribution in [2.24, 2.45) is 0 Å². The SMILES string of the molecule is Cc1c(NC(=O)c2csc(-c3ccccc3)n2)cccc1C(=O)N1CCOCC1. The molecule has 1 aliphatic rings. The molecule has 0 aliphatic carbocycles. The van der Waals surface area contributed by atoms with Crippen molar-refractivity contribution < 1.29 is 14.3 Å². The fraction of sp³-hybridized carbons (Fsp3) is 0.227. The Morgan fingerprint density at radius 2 is 1.83 bits per heavy atom. The molecule has 1 saturated heterocycles. The van der Waals surface area contributed by atoms with Crippen LogP contribution < -0.4 is 5.32 Å². The van der Waals surface area contributed by atoms with E-state index in [1.54, 1.807) is 28.5 Å². The molecule has 1 aliphatic heterocycles. The predicted molar refractivity (Wildman–Crippen MR) is 113 cm³/mol. The lowest BCUT2D eigenvalue weighted by molar-refractivity contribution is 0.0302. The van der Waals surface area contributed by atoms with E-state index in [4.69, 9.17) is 4.74 Å². The van der Waals surface area contributed by atoms with Crippen LogP contribution in [0.15, 0.2) is 53.9 Å². The Balaban J connectivity index is 1.52. The molecule has 0 saturated carbocycles. The Hall–Kier alpha value is -3.03. The van der Waals surface area contributed by atoms with E-state index < -0.39 is 0 Å². The number of carbonyl (C=O) groups excluding carboxylic acids is 2. The van der Waals surface area contributed by atoms with Crippen molar-refractivity contribution in [1.82, 2.24) is 9.88 Å². The molecule has 2 heterocycles. The first-order valence-corrected chi connectivity index (χ1v) is 10.3. The van der Waals surface area contributed by atoms with E-state index in [1.807, 2.05) is 37.3 Å². The van der Waals surface area contributed by atoms with Crippen LogP contribution in [0.1, 0.15) is 26.4 Å². The number of hydrogen-bond acceptors (Lipinski definition) is 5. The lowest BCUT2D eigenvalue weighted by Gasteiger charge is -2.27. The Labute approximate surface area is 173 Å². The minimum absolute atomic E-state index is 0.0399. The minimum atomic E-state index is -0.289. The third-order valence-electron chi connectivity index (χ3n) is 4.87. The Bertz CT molecular complexity index is 1030. The maximum atomic E-state index is 12.8. The van der Waals surface area contributed by atoms with Gasteiger partial charge in [0.05, 0.1) is 13.2 Å². The van der Waals surface area contributed by atoms with Crippen LogP contribution in [0, 0.1) is 6.92 Å². The second-order valence-corrected chi connectivity index (χ2v) is 7.60. The zero-order valence-corrected chi connectivity index (χ0v) is 16.9. The highest BCUT2D eigenvalue weighted by atomic mass is 32.1. The molecule has 0 atom stereocenters. The number of rotatable bonds is 4. The largest absolute Gasteiger partial charge is 0.378 e. The average Bonchev–Trinajstić information content (AvgIpc) is 3.26. The van der Waals surface area contributed by atoms with Gasteiger partial charge in [-0.25, -0.2) is 4.98 Å². The van der Waals surface area contributed by atoms with Gasteiger partial charge in [-0.3, -0.25) is 9.59 Å². The maximum Gasteiger partial charge on any atom is 0.275 e. The minimum Gasteiger partial charge on any atom is -0.378 e. The molecule has 4 rings (SSSR count). The number of nitrogens with zero attached hydrogens (tertiary/aromatic N) is 2. The van der Waals surface area contributed by atoms with Crippen LogP contribution in [0.25, 0.3) is 10.6 Å². The van der Waals surface area contributed by atoms with Crippen molar-refractivity contribution in [3.05, 3.63) is 70.7 Å². The van der Waals surface area contributed by atoms with Gasteiger partial charge >= 0.3 is 0 Å². The normalized spacial score (nSPS) is 13.9. The van der Waals surface area contributed by atoms with Gasteiger partial charge in [0.2, 0.25) is 0 Å². The predicted octanol–water partition coefficient (Wildman–Crippen LogP) is 3.84. The van der Waals surface area contributed by atoms with Crippen LogP contribution in [0.4, 0.5) is 5.69 Å². The molecule has 7 heteroatoms.